The first kappa shape index (κ1) is 15.5. The van der Waals surface area contributed by atoms with E-state index in [1.807, 2.05) is 7.05 Å². The van der Waals surface area contributed by atoms with Crippen LogP contribution in [0.1, 0.15) is 58.8 Å². The van der Waals surface area contributed by atoms with Gasteiger partial charge >= 0.3 is 0 Å². The Bertz CT molecular complexity index is 166. The number of allylic oxidation sites excluding steroid dienone is 2. The first-order valence-electron chi connectivity index (χ1n) is 6.79. The maximum absolute atomic E-state index is 5.31. The molecule has 0 aliphatic rings. The van der Waals surface area contributed by atoms with Crippen molar-refractivity contribution < 1.29 is 4.74 Å². The molecule has 0 atom stereocenters. The lowest BCUT2D eigenvalue weighted by Gasteiger charge is -2.06. The molecule has 0 radical (unpaired) electrons. The van der Waals surface area contributed by atoms with Crippen molar-refractivity contribution in [3.63, 3.8) is 0 Å². The highest BCUT2D eigenvalue weighted by atomic mass is 16.5. The molecular formula is C14H29NO. The molecule has 0 bridgehead atoms. The van der Waals surface area contributed by atoms with Gasteiger partial charge in [0.05, 0.1) is 0 Å². The fourth-order valence-electron chi connectivity index (χ4n) is 1.77. The summed E-state index contributed by atoms with van der Waals surface area (Å²) in [6.45, 7) is 6.03. The van der Waals surface area contributed by atoms with Gasteiger partial charge in [-0.2, -0.15) is 0 Å². The molecule has 0 aliphatic heterocycles. The lowest BCUT2D eigenvalue weighted by atomic mass is 10.1. The largest absolute Gasteiger partial charge is 0.392 e. The van der Waals surface area contributed by atoms with Gasteiger partial charge in [0.1, 0.15) is 0 Å². The molecule has 0 fully saturated rings. The highest BCUT2D eigenvalue weighted by Gasteiger charge is 1.94. The van der Waals surface area contributed by atoms with Crippen LogP contribution in [0.2, 0.25) is 0 Å². The van der Waals surface area contributed by atoms with E-state index in [-0.39, 0.29) is 0 Å². The number of unbranched alkanes of at least 4 members (excludes halogenated alkanes) is 4. The average molecular weight is 227 g/mol. The molecule has 0 saturated heterocycles. The molecule has 0 aromatic rings. The number of hydrogen-bond donors (Lipinski definition) is 1. The summed E-state index contributed by atoms with van der Waals surface area (Å²) in [6.07, 6.45) is 11.1. The van der Waals surface area contributed by atoms with Gasteiger partial charge in [-0.1, -0.05) is 32.3 Å². The van der Waals surface area contributed by atoms with Crippen molar-refractivity contribution >= 4 is 0 Å². The third-order valence-electron chi connectivity index (χ3n) is 2.71. The van der Waals surface area contributed by atoms with Crippen LogP contribution >= 0.6 is 0 Å². The Labute approximate surface area is 101 Å². The summed E-state index contributed by atoms with van der Waals surface area (Å²) in [7, 11) is 2.02. The van der Waals surface area contributed by atoms with Crippen LogP contribution in [0.4, 0.5) is 0 Å². The topological polar surface area (TPSA) is 21.3 Å². The number of nitrogens with one attached hydrogen (secondary N) is 1. The van der Waals surface area contributed by atoms with E-state index < -0.39 is 0 Å². The molecule has 1 N–H and O–H groups in total. The summed E-state index contributed by atoms with van der Waals surface area (Å²) in [5.74, 6) is 0. The predicted octanol–water partition coefficient (Wildman–Crippen LogP) is 3.88. The van der Waals surface area contributed by atoms with Crippen molar-refractivity contribution in [2.24, 2.45) is 0 Å². The van der Waals surface area contributed by atoms with Crippen molar-refractivity contribution in [2.45, 2.75) is 58.8 Å². The Morgan fingerprint density at radius 2 is 1.75 bits per heavy atom. The molecule has 2 heteroatoms. The average Bonchev–Trinajstić information content (AvgIpc) is 2.31. The second-order valence-corrected chi connectivity index (χ2v) is 4.10. The first-order valence-corrected chi connectivity index (χ1v) is 6.79. The van der Waals surface area contributed by atoms with Gasteiger partial charge in [0.2, 0.25) is 0 Å². The van der Waals surface area contributed by atoms with Crippen molar-refractivity contribution in [3.05, 3.63) is 11.8 Å². The Kier molecular flexibility index (Phi) is 12.2. The van der Waals surface area contributed by atoms with Crippen molar-refractivity contribution in [1.29, 1.82) is 0 Å². The van der Waals surface area contributed by atoms with Crippen LogP contribution < -0.4 is 5.32 Å². The minimum Gasteiger partial charge on any atom is -0.392 e. The number of hydrogen-bond acceptors (Lipinski definition) is 2. The van der Waals surface area contributed by atoms with E-state index in [0.29, 0.717) is 0 Å². The standard InChI is InChI=1S/C14H29NO/c1-4-11-14(15-3)12-9-7-6-8-10-13-16-5-2/h11,15H,4-10,12-13H2,1-3H3/b14-11+. The molecule has 0 aliphatic carbocycles. The van der Waals surface area contributed by atoms with Crippen LogP contribution in [0.25, 0.3) is 0 Å². The van der Waals surface area contributed by atoms with Crippen LogP contribution in [0.5, 0.6) is 0 Å². The van der Waals surface area contributed by atoms with Crippen molar-refractivity contribution in [1.82, 2.24) is 5.32 Å². The zero-order valence-electron chi connectivity index (χ0n) is 11.3. The summed E-state index contributed by atoms with van der Waals surface area (Å²) in [4.78, 5) is 0. The van der Waals surface area contributed by atoms with Crippen LogP contribution in [-0.2, 0) is 4.74 Å². The molecule has 0 aromatic heterocycles. The molecule has 96 valence electrons. The van der Waals surface area contributed by atoms with E-state index in [0.717, 1.165) is 19.6 Å². The molecule has 0 rings (SSSR count). The second kappa shape index (κ2) is 12.6. The lowest BCUT2D eigenvalue weighted by Crippen LogP contribution is -2.05. The molecule has 16 heavy (non-hydrogen) atoms. The molecule has 0 amide bonds. The molecule has 0 aromatic carbocycles. The minimum absolute atomic E-state index is 0.855. The summed E-state index contributed by atoms with van der Waals surface area (Å²) >= 11 is 0. The van der Waals surface area contributed by atoms with Gasteiger partial charge in [-0.15, -0.1) is 0 Å². The molecule has 2 nitrogen and oxygen atoms in total. The van der Waals surface area contributed by atoms with Gasteiger partial charge < -0.3 is 10.1 Å². The maximum atomic E-state index is 5.31. The molecule has 0 heterocycles. The van der Waals surface area contributed by atoms with Crippen LogP contribution in [0, 0.1) is 0 Å². The number of ether oxygens (including phenoxy) is 1. The van der Waals surface area contributed by atoms with Crippen molar-refractivity contribution in [3.8, 4) is 0 Å². The molecule has 0 saturated carbocycles. The Balaban J connectivity index is 3.22. The van der Waals surface area contributed by atoms with Crippen molar-refractivity contribution in [2.75, 3.05) is 20.3 Å². The quantitative estimate of drug-likeness (QED) is 0.541. The van der Waals surface area contributed by atoms with Gasteiger partial charge in [0, 0.05) is 26.0 Å². The van der Waals surface area contributed by atoms with E-state index in [1.165, 1.54) is 44.2 Å². The van der Waals surface area contributed by atoms with Gasteiger partial charge in [-0.25, -0.2) is 0 Å². The lowest BCUT2D eigenvalue weighted by molar-refractivity contribution is 0.143. The van der Waals surface area contributed by atoms with Gasteiger partial charge in [-0.05, 0) is 32.6 Å². The van der Waals surface area contributed by atoms with Crippen LogP contribution in [-0.4, -0.2) is 20.3 Å². The fourth-order valence-corrected chi connectivity index (χ4v) is 1.77. The zero-order valence-corrected chi connectivity index (χ0v) is 11.3. The summed E-state index contributed by atoms with van der Waals surface area (Å²) in [5, 5.41) is 3.26. The summed E-state index contributed by atoms with van der Waals surface area (Å²) in [5.41, 5.74) is 1.40. The minimum atomic E-state index is 0.855. The second-order valence-electron chi connectivity index (χ2n) is 4.10. The normalized spacial score (nSPS) is 11.8. The third-order valence-corrected chi connectivity index (χ3v) is 2.71. The maximum Gasteiger partial charge on any atom is 0.0465 e. The Morgan fingerprint density at radius 1 is 1.06 bits per heavy atom. The van der Waals surface area contributed by atoms with Crippen LogP contribution in [0.15, 0.2) is 11.8 Å². The van der Waals surface area contributed by atoms with E-state index in [1.54, 1.807) is 0 Å². The molecular weight excluding hydrogens is 198 g/mol. The van der Waals surface area contributed by atoms with Gasteiger partial charge in [-0.3, -0.25) is 0 Å². The Morgan fingerprint density at radius 3 is 2.38 bits per heavy atom. The summed E-state index contributed by atoms with van der Waals surface area (Å²) < 4.78 is 5.31. The van der Waals surface area contributed by atoms with E-state index in [9.17, 15) is 0 Å². The SMILES string of the molecule is CC/C=C(\CCCCCCCOCC)NC. The van der Waals surface area contributed by atoms with Crippen LogP contribution in [0.3, 0.4) is 0 Å². The fraction of sp³-hybridized carbons (Fsp3) is 0.857. The number of rotatable bonds is 11. The van der Waals surface area contributed by atoms with Gasteiger partial charge in [0.15, 0.2) is 0 Å². The van der Waals surface area contributed by atoms with E-state index in [2.05, 4.69) is 25.2 Å². The Hall–Kier alpha value is -0.500. The highest BCUT2D eigenvalue weighted by Crippen LogP contribution is 2.09. The monoisotopic (exact) mass is 227 g/mol. The molecule has 0 unspecified atom stereocenters. The summed E-state index contributed by atoms with van der Waals surface area (Å²) in [6, 6.07) is 0. The smallest absolute Gasteiger partial charge is 0.0465 e. The highest BCUT2D eigenvalue weighted by molar-refractivity contribution is 4.97. The molecule has 0 spiro atoms. The third kappa shape index (κ3) is 10.0. The predicted molar refractivity (Wildman–Crippen MR) is 71.6 cm³/mol. The first-order chi connectivity index (χ1) is 7.85. The van der Waals surface area contributed by atoms with E-state index in [4.69, 9.17) is 4.74 Å². The van der Waals surface area contributed by atoms with E-state index >= 15 is 0 Å². The zero-order chi connectivity index (χ0) is 12.1. The van der Waals surface area contributed by atoms with Gasteiger partial charge in [0.25, 0.3) is 0 Å².